The van der Waals surface area contributed by atoms with Crippen molar-refractivity contribution in [2.45, 2.75) is 116 Å². The number of benzene rings is 3. The molecule has 0 spiro atoms. The number of pyridine rings is 1. The Kier molecular flexibility index (Phi) is 27.3. The summed E-state index contributed by atoms with van der Waals surface area (Å²) in [6, 6.07) is 32.0. The second kappa shape index (κ2) is 34.6. The Bertz CT molecular complexity index is 3160. The van der Waals surface area contributed by atoms with Crippen molar-refractivity contribution < 1.29 is 66.1 Å². The minimum atomic E-state index is -1.80. The summed E-state index contributed by atoms with van der Waals surface area (Å²) in [6.07, 6.45) is 0.505. The molecule has 0 amide bonds. The predicted octanol–water partition coefficient (Wildman–Crippen LogP) is 6.90. The summed E-state index contributed by atoms with van der Waals surface area (Å²) < 4.78 is 63.0. The molecule has 0 radical (unpaired) electrons. The molecule has 24 heteroatoms. The van der Waals surface area contributed by atoms with Gasteiger partial charge in [0.25, 0.3) is 14.1 Å². The molecule has 472 valence electrons. The number of carbonyl (C=O) groups is 4. The molecule has 3 aromatic carbocycles. The van der Waals surface area contributed by atoms with Crippen LogP contribution in [0.1, 0.15) is 99.7 Å². The van der Waals surface area contributed by atoms with E-state index in [9.17, 15) is 34.0 Å². The number of unbranched alkanes of at least 4 members (excludes halogenated alkanes) is 2. The molecule has 5 aromatic rings. The van der Waals surface area contributed by atoms with Crippen LogP contribution in [0.4, 0.5) is 0 Å². The van der Waals surface area contributed by atoms with Crippen LogP contribution in [0.3, 0.4) is 0 Å². The third-order valence-corrected chi connectivity index (χ3v) is 16.5. The quantitative estimate of drug-likeness (QED) is 0.0103. The van der Waals surface area contributed by atoms with Gasteiger partial charge < -0.3 is 46.9 Å². The summed E-state index contributed by atoms with van der Waals surface area (Å²) in [5, 5.41) is 9.54. The highest BCUT2D eigenvalue weighted by atomic mass is 31.2. The third kappa shape index (κ3) is 19.3. The molecule has 1 aliphatic heterocycles. The average Bonchev–Trinajstić information content (AvgIpc) is 1.11. The van der Waals surface area contributed by atoms with Crippen molar-refractivity contribution in [3.63, 3.8) is 0 Å². The van der Waals surface area contributed by atoms with Gasteiger partial charge >= 0.3 is 29.6 Å². The second-order valence-electron chi connectivity index (χ2n) is 21.1. The average molecular weight is 1230 g/mol. The first-order valence-electron chi connectivity index (χ1n) is 28.8. The maximum atomic E-state index is 14.6. The fraction of sp³-hybridized carbons (Fsp3) is 0.469. The highest BCUT2D eigenvalue weighted by Crippen LogP contribution is 2.51. The van der Waals surface area contributed by atoms with E-state index in [1.54, 1.807) is 26.4 Å². The molecule has 1 aliphatic rings. The molecule has 88 heavy (non-hydrogen) atoms. The lowest BCUT2D eigenvalue weighted by molar-refractivity contribution is -0.147. The normalized spacial score (nSPS) is 15.2. The maximum Gasteiger partial charge on any atom is 0.333 e. The van der Waals surface area contributed by atoms with Crippen molar-refractivity contribution in [3.05, 3.63) is 158 Å². The van der Waals surface area contributed by atoms with E-state index in [0.29, 0.717) is 47.7 Å². The zero-order valence-electron chi connectivity index (χ0n) is 51.7. The van der Waals surface area contributed by atoms with Crippen LogP contribution in [-0.4, -0.2) is 159 Å². The van der Waals surface area contributed by atoms with Crippen LogP contribution in [-0.2, 0) is 81.9 Å². The van der Waals surface area contributed by atoms with Crippen molar-refractivity contribution in [1.82, 2.24) is 28.6 Å². The molecule has 1 unspecified atom stereocenters. The van der Waals surface area contributed by atoms with E-state index in [1.165, 1.54) is 59.6 Å². The summed E-state index contributed by atoms with van der Waals surface area (Å²) in [6.45, 7) is 7.29. The van der Waals surface area contributed by atoms with Crippen LogP contribution >= 0.6 is 8.53 Å². The summed E-state index contributed by atoms with van der Waals surface area (Å²) in [5.74, 6) is 5.26. The van der Waals surface area contributed by atoms with Crippen LogP contribution in [0.5, 0.6) is 11.5 Å². The number of aromatic nitrogens is 3. The number of hydrogen-bond acceptors (Lipinski definition) is 21. The monoisotopic (exact) mass is 1230 g/mol. The van der Waals surface area contributed by atoms with Crippen LogP contribution in [0, 0.1) is 23.2 Å². The summed E-state index contributed by atoms with van der Waals surface area (Å²) in [4.78, 5) is 85.4. The van der Waals surface area contributed by atoms with Crippen molar-refractivity contribution in [2.24, 2.45) is 0 Å². The summed E-state index contributed by atoms with van der Waals surface area (Å²) >= 11 is 0. The molecule has 2 aromatic heterocycles. The van der Waals surface area contributed by atoms with Crippen molar-refractivity contribution in [2.75, 3.05) is 82.1 Å². The Labute approximate surface area is 515 Å². The number of hydrogen-bond donors (Lipinski definition) is 0. The topological polar surface area (TPSA) is 251 Å². The van der Waals surface area contributed by atoms with E-state index in [0.717, 1.165) is 16.7 Å². The Balaban J connectivity index is 1.29. The largest absolute Gasteiger partial charge is 0.497 e. The summed E-state index contributed by atoms with van der Waals surface area (Å²) in [5.41, 5.74) is 1.42. The first-order chi connectivity index (χ1) is 42.4. The fourth-order valence-electron chi connectivity index (χ4n) is 10.1. The van der Waals surface area contributed by atoms with E-state index in [2.05, 4.69) is 22.6 Å². The van der Waals surface area contributed by atoms with E-state index in [1.807, 2.05) is 107 Å². The van der Waals surface area contributed by atoms with E-state index < -0.39 is 67.7 Å². The van der Waals surface area contributed by atoms with E-state index in [-0.39, 0.29) is 84.0 Å². The second-order valence-corrected chi connectivity index (χ2v) is 22.5. The molecule has 23 nitrogen and oxygen atoms in total. The molecular weight excluding hydrogens is 1150 g/mol. The van der Waals surface area contributed by atoms with Gasteiger partial charge in [-0.05, 0) is 93.6 Å². The minimum absolute atomic E-state index is 0.00379. The van der Waals surface area contributed by atoms with Crippen molar-refractivity contribution in [1.29, 1.82) is 5.26 Å². The highest BCUT2D eigenvalue weighted by Gasteiger charge is 2.45. The van der Waals surface area contributed by atoms with Crippen LogP contribution in [0.15, 0.2) is 113 Å². The van der Waals surface area contributed by atoms with Gasteiger partial charge in [0.15, 0.2) is 0 Å². The van der Waals surface area contributed by atoms with Crippen LogP contribution < -0.4 is 20.7 Å². The van der Waals surface area contributed by atoms with Crippen LogP contribution in [0.2, 0.25) is 0 Å². The summed E-state index contributed by atoms with van der Waals surface area (Å²) in [7, 11) is 6.34. The number of nitriles is 1. The molecule has 0 saturated carbocycles. The number of carbonyl (C=O) groups excluding carboxylic acids is 4. The Morgan fingerprint density at radius 3 is 1.69 bits per heavy atom. The fourth-order valence-corrected chi connectivity index (χ4v) is 11.9. The predicted molar refractivity (Wildman–Crippen MR) is 325 cm³/mol. The molecule has 4 atom stereocenters. The van der Waals surface area contributed by atoms with Gasteiger partial charge in [0, 0.05) is 62.4 Å². The number of ether oxygens (including phenoxy) is 8. The smallest absolute Gasteiger partial charge is 0.333 e. The lowest BCUT2D eigenvalue weighted by Crippen LogP contribution is -2.41. The first kappa shape index (κ1) is 69.3. The van der Waals surface area contributed by atoms with Crippen molar-refractivity contribution in [3.8, 4) is 29.4 Å². The van der Waals surface area contributed by atoms with Gasteiger partial charge in [0.1, 0.15) is 29.4 Å². The van der Waals surface area contributed by atoms with Gasteiger partial charge in [-0.3, -0.25) is 47.9 Å². The Hall–Kier alpha value is -7.83. The molecule has 0 bridgehead atoms. The van der Waals surface area contributed by atoms with Gasteiger partial charge in [-0.15, -0.1) is 0 Å². The zero-order chi connectivity index (χ0) is 63.8. The van der Waals surface area contributed by atoms with Gasteiger partial charge in [0.05, 0.1) is 112 Å². The first-order valence-corrected chi connectivity index (χ1v) is 29.9. The molecule has 0 aliphatic carbocycles. The van der Waals surface area contributed by atoms with E-state index in [4.69, 9.17) is 51.9 Å². The molecule has 0 N–H and O–H groups in total. The minimum Gasteiger partial charge on any atom is -0.497 e. The third-order valence-electron chi connectivity index (χ3n) is 14.3. The molecule has 3 heterocycles. The van der Waals surface area contributed by atoms with Gasteiger partial charge in [0.2, 0.25) is 0 Å². The van der Waals surface area contributed by atoms with E-state index >= 15 is 0 Å². The SMILES string of the molecule is COC(=O)CN(CC(=O)OC)Cc1cc(C#CCCCCn2c(=O)ccn([C@H]3C[C@H](OP(OCCC#N)N(C(C)C)C(C)C)[C@@H](COC(c4ccccc4)(c4ccc(OC)cc4)c4ccc(OC)cc4)O3)c2=O)cc(CN(CC(=O)OC)CC(=O)OC)n1. The number of esters is 4. The molecule has 6 rings (SSSR count). The number of nitrogens with zero attached hydrogens (tertiary/aromatic N) is 7. The van der Waals surface area contributed by atoms with Crippen molar-refractivity contribution >= 4 is 32.4 Å². The molecule has 1 saturated heterocycles. The lowest BCUT2D eigenvalue weighted by Gasteiger charge is -2.39. The maximum absolute atomic E-state index is 14.6. The van der Waals surface area contributed by atoms with Gasteiger partial charge in [-0.1, -0.05) is 66.4 Å². The number of rotatable bonds is 33. The number of methoxy groups -OCH3 is 6. The Morgan fingerprint density at radius 1 is 0.705 bits per heavy atom. The molecular formula is C64H80N7O16P. The molecule has 1 fully saturated rings. The van der Waals surface area contributed by atoms with Gasteiger partial charge in [-0.2, -0.15) is 5.26 Å². The highest BCUT2D eigenvalue weighted by molar-refractivity contribution is 7.44. The Morgan fingerprint density at radius 2 is 1.22 bits per heavy atom. The van der Waals surface area contributed by atoms with Gasteiger partial charge in [-0.25, -0.2) is 9.46 Å². The van der Waals surface area contributed by atoms with Crippen LogP contribution in [0.25, 0.3) is 0 Å². The zero-order valence-corrected chi connectivity index (χ0v) is 52.6. The standard InChI is InChI=1S/C64H80N7O16P/c1-45(2)71(46(3)4)88(85-34-18-31-65)87-55-37-58(86-56(55)44-84-64(48-20-15-13-16-21-48,49-22-26-53(78-5)27-23-49)50-24-28-54(79-6)29-25-50)70-33-30-57(72)69(63(70)77)32-17-12-11-14-19-47-35-51(38-67(40-59(73)80-7)41-60(74)81-8)66-52(36-47)39-68(42-61(75)82-9)43-62(76)83-10/h13,15-16,20-30,33,35-36,45-46,55-56,58H,11-12,17-18,32,34,37-44H2,1-10H3/t55-,56+,58+,88?/m0/s1. The lowest BCUT2D eigenvalue weighted by atomic mass is 9.80.